The van der Waals surface area contributed by atoms with Gasteiger partial charge in [0.2, 0.25) is 0 Å². The van der Waals surface area contributed by atoms with Crippen LogP contribution in [0, 0.1) is 5.21 Å². The van der Waals surface area contributed by atoms with E-state index in [0.29, 0.717) is 10.5 Å². The number of rotatable bonds is 4. The molecule has 0 saturated carbocycles. The summed E-state index contributed by atoms with van der Waals surface area (Å²) in [5, 5.41) is 11.7. The van der Waals surface area contributed by atoms with Crippen molar-refractivity contribution >= 4 is 11.2 Å². The highest BCUT2D eigenvalue weighted by molar-refractivity contribution is 7.90. The molecule has 0 bridgehead atoms. The van der Waals surface area contributed by atoms with E-state index in [4.69, 9.17) is 4.74 Å². The van der Waals surface area contributed by atoms with Crippen LogP contribution in [0.4, 0.5) is 0 Å². The Kier molecular flexibility index (Phi) is 4.07. The number of aromatic nitrogens is 1. The van der Waals surface area contributed by atoms with Gasteiger partial charge in [-0.05, 0) is 18.2 Å². The van der Waals surface area contributed by atoms with Crippen LogP contribution in [-0.2, 0) is 16.9 Å². The van der Waals surface area contributed by atoms with Crippen LogP contribution >= 0.6 is 0 Å². The molecule has 0 aliphatic carbocycles. The molecule has 0 radical (unpaired) electrons. The van der Waals surface area contributed by atoms with Gasteiger partial charge in [-0.3, -0.25) is 0 Å². The molecule has 0 N–H and O–H groups in total. The number of nitrogens with zero attached hydrogens (tertiary/aromatic N) is 1. The van der Waals surface area contributed by atoms with Crippen molar-refractivity contribution in [2.24, 2.45) is 0 Å². The van der Waals surface area contributed by atoms with Crippen LogP contribution in [0.2, 0.25) is 0 Å². The van der Waals surface area contributed by atoms with Crippen molar-refractivity contribution < 1.29 is 14.0 Å². The third-order valence-corrected chi connectivity index (χ3v) is 3.86. The Morgan fingerprint density at radius 3 is 2.50 bits per heavy atom. The number of methoxy groups -OCH3 is 1. The Balaban J connectivity index is 2.11. The van der Waals surface area contributed by atoms with Gasteiger partial charge in [0.1, 0.15) is 11.5 Å². The molecule has 1 aromatic heterocycles. The lowest BCUT2D eigenvalue weighted by Gasteiger charge is -2.09. The summed E-state index contributed by atoms with van der Waals surface area (Å²) < 4.78 is 17.7. The smallest absolute Gasteiger partial charge is 0.393 e. The molecule has 2 aromatic rings. The monoisotopic (exact) mass is 263 g/mol. The summed E-state index contributed by atoms with van der Waals surface area (Å²) in [6, 6.07) is 12.2. The second-order valence-electron chi connectivity index (χ2n) is 3.70. The fourth-order valence-corrected chi connectivity index (χ4v) is 2.67. The molecule has 4 nitrogen and oxygen atoms in total. The summed E-state index contributed by atoms with van der Waals surface area (Å²) in [6.07, 6.45) is 1.35. The van der Waals surface area contributed by atoms with E-state index >= 15 is 0 Å². The molecule has 0 aliphatic heterocycles. The average Bonchev–Trinajstić information content (AvgIpc) is 2.40. The molecule has 1 aromatic carbocycles. The molecule has 0 spiro atoms. The van der Waals surface area contributed by atoms with E-state index in [2.05, 4.69) is 0 Å². The van der Waals surface area contributed by atoms with Gasteiger partial charge in [0.05, 0.1) is 24.4 Å². The molecule has 0 fully saturated rings. The number of hydrogen-bond donors (Lipinski definition) is 0. The summed E-state index contributed by atoms with van der Waals surface area (Å²) in [6.45, 7) is 0. The molecule has 0 aliphatic rings. The van der Waals surface area contributed by atoms with E-state index in [-0.39, 0.29) is 5.03 Å². The van der Waals surface area contributed by atoms with E-state index in [9.17, 15) is 9.76 Å². The van der Waals surface area contributed by atoms with Gasteiger partial charge in [-0.25, -0.2) is 0 Å². The molecule has 5 heteroatoms. The molecule has 2 rings (SSSR count). The van der Waals surface area contributed by atoms with Crippen LogP contribution in [0.15, 0.2) is 53.7 Å². The fraction of sp³-hybridized carbons (Fsp3) is 0.154. The summed E-state index contributed by atoms with van der Waals surface area (Å²) in [7, 11) is 1.59. The summed E-state index contributed by atoms with van der Waals surface area (Å²) in [5.74, 6) is 1.07. The molecule has 18 heavy (non-hydrogen) atoms. The van der Waals surface area contributed by atoms with Crippen LogP contribution in [0.25, 0.3) is 0 Å². The van der Waals surface area contributed by atoms with Crippen LogP contribution < -0.4 is 9.47 Å². The van der Waals surface area contributed by atoms with Gasteiger partial charge < -0.3 is 14.5 Å². The zero-order valence-corrected chi connectivity index (χ0v) is 10.7. The van der Waals surface area contributed by atoms with Gasteiger partial charge in [-0.15, -0.1) is 4.73 Å². The lowest BCUT2D eigenvalue weighted by Crippen LogP contribution is -2.33. The quantitative estimate of drug-likeness (QED) is 0.478. The number of hydrogen-bond acceptors (Lipinski definition) is 3. The van der Waals surface area contributed by atoms with Gasteiger partial charge in [0.15, 0.2) is 6.20 Å². The predicted molar refractivity (Wildman–Crippen MR) is 68.5 cm³/mol. The van der Waals surface area contributed by atoms with Crippen molar-refractivity contribution in [2.75, 3.05) is 7.11 Å². The SMILES string of the molecule is COc1ccc(C[S+]([O-])c2cccc[n+]2[O-])cc1. The van der Waals surface area contributed by atoms with Crippen molar-refractivity contribution in [3.8, 4) is 5.75 Å². The maximum Gasteiger partial charge on any atom is 0.393 e. The second kappa shape index (κ2) is 5.75. The van der Waals surface area contributed by atoms with Crippen LogP contribution in [0.5, 0.6) is 5.75 Å². The Morgan fingerprint density at radius 1 is 1.17 bits per heavy atom. The molecular weight excluding hydrogens is 250 g/mol. The summed E-state index contributed by atoms with van der Waals surface area (Å²) in [5.41, 5.74) is 0.901. The fourth-order valence-electron chi connectivity index (χ4n) is 1.54. The number of pyridine rings is 1. The summed E-state index contributed by atoms with van der Waals surface area (Å²) in [4.78, 5) is 0. The largest absolute Gasteiger partial charge is 0.615 e. The lowest BCUT2D eigenvalue weighted by atomic mass is 10.2. The first-order chi connectivity index (χ1) is 8.70. The molecule has 94 valence electrons. The maximum atomic E-state index is 12.0. The first kappa shape index (κ1) is 12.7. The Bertz CT molecular complexity index is 516. The minimum atomic E-state index is -1.34. The Labute approximate surface area is 109 Å². The molecule has 0 saturated heterocycles. The third kappa shape index (κ3) is 2.94. The zero-order valence-electron chi connectivity index (χ0n) is 9.91. The first-order valence-electron chi connectivity index (χ1n) is 5.40. The first-order valence-corrected chi connectivity index (χ1v) is 6.72. The second-order valence-corrected chi connectivity index (χ2v) is 5.10. The van der Waals surface area contributed by atoms with Crippen molar-refractivity contribution in [1.29, 1.82) is 0 Å². The Morgan fingerprint density at radius 2 is 1.89 bits per heavy atom. The van der Waals surface area contributed by atoms with E-state index in [1.165, 1.54) is 6.20 Å². The molecule has 1 atom stereocenters. The number of ether oxygens (including phenoxy) is 1. The van der Waals surface area contributed by atoms with Gasteiger partial charge >= 0.3 is 5.03 Å². The third-order valence-electron chi connectivity index (χ3n) is 2.48. The maximum absolute atomic E-state index is 12.0. The van der Waals surface area contributed by atoms with E-state index in [1.54, 1.807) is 25.3 Å². The lowest BCUT2D eigenvalue weighted by molar-refractivity contribution is -0.646. The molecule has 1 heterocycles. The zero-order chi connectivity index (χ0) is 13.0. The van der Waals surface area contributed by atoms with Crippen LogP contribution in [-0.4, -0.2) is 11.7 Å². The topological polar surface area (TPSA) is 59.2 Å². The van der Waals surface area contributed by atoms with E-state index in [1.807, 2.05) is 24.3 Å². The summed E-state index contributed by atoms with van der Waals surface area (Å²) >= 11 is -1.34. The molecule has 0 amide bonds. The molecule has 1 unspecified atom stereocenters. The van der Waals surface area contributed by atoms with Gasteiger partial charge in [0, 0.05) is 11.6 Å². The minimum Gasteiger partial charge on any atom is -0.615 e. The van der Waals surface area contributed by atoms with Crippen molar-refractivity contribution in [1.82, 2.24) is 0 Å². The highest BCUT2D eigenvalue weighted by Crippen LogP contribution is 2.16. The average molecular weight is 263 g/mol. The Hall–Kier alpha value is -1.72. The highest BCUT2D eigenvalue weighted by Gasteiger charge is 2.20. The van der Waals surface area contributed by atoms with Crippen LogP contribution in [0.1, 0.15) is 5.56 Å². The normalized spacial score (nSPS) is 12.1. The van der Waals surface area contributed by atoms with E-state index in [0.717, 1.165) is 11.3 Å². The number of benzene rings is 1. The van der Waals surface area contributed by atoms with E-state index < -0.39 is 11.2 Å². The predicted octanol–water partition coefficient (Wildman–Crippen LogP) is 1.64. The highest BCUT2D eigenvalue weighted by atomic mass is 32.2. The minimum absolute atomic E-state index is 0.272. The van der Waals surface area contributed by atoms with Crippen LogP contribution in [0.3, 0.4) is 0 Å². The van der Waals surface area contributed by atoms with Gasteiger partial charge in [-0.1, -0.05) is 12.1 Å². The van der Waals surface area contributed by atoms with Crippen molar-refractivity contribution in [3.63, 3.8) is 0 Å². The van der Waals surface area contributed by atoms with Crippen molar-refractivity contribution in [2.45, 2.75) is 10.8 Å². The van der Waals surface area contributed by atoms with Crippen molar-refractivity contribution in [3.05, 3.63) is 59.4 Å². The van der Waals surface area contributed by atoms with Gasteiger partial charge in [-0.2, -0.15) is 0 Å². The van der Waals surface area contributed by atoms with Gasteiger partial charge in [0.25, 0.3) is 0 Å². The standard InChI is InChI=1S/C13H13NO3S/c1-17-12-7-5-11(6-8-12)10-18(16)13-4-2-3-9-14(13)15/h2-9H,10H2,1H3. The molecular formula is C13H13NO3S.